The second-order valence-corrected chi connectivity index (χ2v) is 4.39. The van der Waals surface area contributed by atoms with E-state index in [2.05, 4.69) is 21.8 Å². The van der Waals surface area contributed by atoms with E-state index < -0.39 is 0 Å². The van der Waals surface area contributed by atoms with Crippen LogP contribution < -0.4 is 4.90 Å². The lowest BCUT2D eigenvalue weighted by atomic mass is 10.3. The van der Waals surface area contributed by atoms with Crippen LogP contribution in [0.25, 0.3) is 0 Å². The third-order valence-electron chi connectivity index (χ3n) is 3.05. The van der Waals surface area contributed by atoms with E-state index >= 15 is 0 Å². The van der Waals surface area contributed by atoms with Crippen molar-refractivity contribution >= 4 is 11.8 Å². The monoisotopic (exact) mass is 249 g/mol. The highest BCUT2D eigenvalue weighted by molar-refractivity contribution is 5.87. The molecule has 2 rings (SSSR count). The fourth-order valence-electron chi connectivity index (χ4n) is 1.95. The van der Waals surface area contributed by atoms with Gasteiger partial charge in [0.25, 0.3) is 0 Å². The molecule has 0 unspecified atom stereocenters. The number of anilines is 1. The molecule has 5 nitrogen and oxygen atoms in total. The van der Waals surface area contributed by atoms with Crippen LogP contribution in [-0.4, -0.2) is 55.7 Å². The van der Waals surface area contributed by atoms with Crippen LogP contribution in [0.15, 0.2) is 18.2 Å². The van der Waals surface area contributed by atoms with E-state index in [-0.39, 0.29) is 5.97 Å². The summed E-state index contributed by atoms with van der Waals surface area (Å²) in [6.07, 6.45) is 0. The summed E-state index contributed by atoms with van der Waals surface area (Å²) in [5.74, 6) is 0.502. The zero-order chi connectivity index (χ0) is 13.0. The number of carbonyl (C=O) groups excluding carboxylic acids is 1. The average molecular weight is 249 g/mol. The van der Waals surface area contributed by atoms with Crippen LogP contribution in [0.2, 0.25) is 0 Å². The number of carbonyl (C=O) groups is 1. The van der Waals surface area contributed by atoms with Gasteiger partial charge >= 0.3 is 5.97 Å². The number of esters is 1. The van der Waals surface area contributed by atoms with Crippen molar-refractivity contribution in [3.8, 4) is 0 Å². The molecule has 0 radical (unpaired) electrons. The van der Waals surface area contributed by atoms with Gasteiger partial charge in [0.15, 0.2) is 5.69 Å². The summed E-state index contributed by atoms with van der Waals surface area (Å²) in [7, 11) is 2.11. The molecule has 0 saturated carbocycles. The molecule has 0 aliphatic carbocycles. The molecular formula is C13H19N3O2. The Morgan fingerprint density at radius 2 is 2.06 bits per heavy atom. The Bertz CT molecular complexity index is 414. The standard InChI is InChI=1S/C13H19N3O2/c1-3-18-13(17)11-5-4-6-12(14-11)16-9-7-15(2)8-10-16/h4-6H,3,7-10H2,1-2H3. The van der Waals surface area contributed by atoms with Crippen LogP contribution in [0.3, 0.4) is 0 Å². The summed E-state index contributed by atoms with van der Waals surface area (Å²) in [6.45, 7) is 6.09. The summed E-state index contributed by atoms with van der Waals surface area (Å²) in [6, 6.07) is 5.48. The van der Waals surface area contributed by atoms with Crippen molar-refractivity contribution in [2.45, 2.75) is 6.92 Å². The second kappa shape index (κ2) is 5.82. The summed E-state index contributed by atoms with van der Waals surface area (Å²) in [5.41, 5.74) is 0.383. The first-order chi connectivity index (χ1) is 8.70. The Hall–Kier alpha value is -1.62. The van der Waals surface area contributed by atoms with Crippen molar-refractivity contribution in [2.24, 2.45) is 0 Å². The maximum atomic E-state index is 11.6. The van der Waals surface area contributed by atoms with E-state index in [0.29, 0.717) is 12.3 Å². The number of nitrogens with zero attached hydrogens (tertiary/aromatic N) is 3. The molecule has 2 heterocycles. The van der Waals surface area contributed by atoms with Crippen molar-refractivity contribution in [3.63, 3.8) is 0 Å². The fraction of sp³-hybridized carbons (Fsp3) is 0.538. The van der Waals surface area contributed by atoms with Crippen LogP contribution >= 0.6 is 0 Å². The van der Waals surface area contributed by atoms with Gasteiger partial charge in [-0.25, -0.2) is 9.78 Å². The first kappa shape index (κ1) is 12.8. The van der Waals surface area contributed by atoms with Gasteiger partial charge in [0.1, 0.15) is 5.82 Å². The number of rotatable bonds is 3. The van der Waals surface area contributed by atoms with E-state index in [1.54, 1.807) is 13.0 Å². The lowest BCUT2D eigenvalue weighted by molar-refractivity contribution is 0.0519. The number of likely N-dealkylation sites (N-methyl/N-ethyl adjacent to an activating group) is 1. The van der Waals surface area contributed by atoms with E-state index in [1.165, 1.54) is 0 Å². The van der Waals surface area contributed by atoms with Gasteiger partial charge < -0.3 is 14.5 Å². The SMILES string of the molecule is CCOC(=O)c1cccc(N2CCN(C)CC2)n1. The minimum absolute atomic E-state index is 0.353. The van der Waals surface area contributed by atoms with Gasteiger partial charge in [-0.15, -0.1) is 0 Å². The van der Waals surface area contributed by atoms with Gasteiger partial charge in [0.2, 0.25) is 0 Å². The Balaban J connectivity index is 2.09. The highest BCUT2D eigenvalue weighted by atomic mass is 16.5. The smallest absolute Gasteiger partial charge is 0.356 e. The molecule has 5 heteroatoms. The van der Waals surface area contributed by atoms with E-state index in [1.807, 2.05) is 12.1 Å². The van der Waals surface area contributed by atoms with Crippen LogP contribution in [0.5, 0.6) is 0 Å². The topological polar surface area (TPSA) is 45.7 Å². The first-order valence-electron chi connectivity index (χ1n) is 6.28. The van der Waals surface area contributed by atoms with Gasteiger partial charge in [-0.05, 0) is 26.1 Å². The van der Waals surface area contributed by atoms with E-state index in [9.17, 15) is 4.79 Å². The molecule has 0 atom stereocenters. The molecule has 1 aromatic heterocycles. The molecule has 1 aliphatic heterocycles. The van der Waals surface area contributed by atoms with Crippen molar-refractivity contribution in [2.75, 3.05) is 44.7 Å². The molecule has 0 amide bonds. The van der Waals surface area contributed by atoms with Crippen LogP contribution in [0, 0.1) is 0 Å². The maximum absolute atomic E-state index is 11.6. The average Bonchev–Trinajstić information content (AvgIpc) is 2.40. The molecule has 0 aromatic carbocycles. The Morgan fingerprint density at radius 3 is 2.72 bits per heavy atom. The lowest BCUT2D eigenvalue weighted by Crippen LogP contribution is -2.44. The van der Waals surface area contributed by atoms with Gasteiger partial charge in [-0.2, -0.15) is 0 Å². The predicted molar refractivity (Wildman–Crippen MR) is 69.9 cm³/mol. The lowest BCUT2D eigenvalue weighted by Gasteiger charge is -2.33. The third kappa shape index (κ3) is 2.98. The number of pyridine rings is 1. The number of aromatic nitrogens is 1. The number of hydrogen-bond acceptors (Lipinski definition) is 5. The summed E-state index contributed by atoms with van der Waals surface area (Å²) >= 11 is 0. The molecule has 1 aromatic rings. The normalized spacial score (nSPS) is 16.7. The predicted octanol–water partition coefficient (Wildman–Crippen LogP) is 1.01. The molecule has 0 bridgehead atoms. The second-order valence-electron chi connectivity index (χ2n) is 4.39. The highest BCUT2D eigenvalue weighted by Gasteiger charge is 2.16. The molecule has 1 aliphatic rings. The third-order valence-corrected chi connectivity index (χ3v) is 3.05. The Labute approximate surface area is 107 Å². The van der Waals surface area contributed by atoms with Crippen molar-refractivity contribution in [3.05, 3.63) is 23.9 Å². The molecule has 1 fully saturated rings. The minimum atomic E-state index is -0.353. The molecule has 0 N–H and O–H groups in total. The summed E-state index contributed by atoms with van der Waals surface area (Å²) in [4.78, 5) is 20.5. The van der Waals surface area contributed by atoms with Gasteiger partial charge in [0.05, 0.1) is 6.61 Å². The zero-order valence-electron chi connectivity index (χ0n) is 10.9. The number of piperazine rings is 1. The largest absolute Gasteiger partial charge is 0.461 e. The van der Waals surface area contributed by atoms with Crippen LogP contribution in [-0.2, 0) is 4.74 Å². The molecular weight excluding hydrogens is 230 g/mol. The molecule has 0 spiro atoms. The number of hydrogen-bond donors (Lipinski definition) is 0. The van der Waals surface area contributed by atoms with E-state index in [4.69, 9.17) is 4.74 Å². The van der Waals surface area contributed by atoms with Crippen LogP contribution in [0.4, 0.5) is 5.82 Å². The fourth-order valence-corrected chi connectivity index (χ4v) is 1.95. The quantitative estimate of drug-likeness (QED) is 0.748. The van der Waals surface area contributed by atoms with Gasteiger partial charge in [-0.1, -0.05) is 6.07 Å². The van der Waals surface area contributed by atoms with E-state index in [0.717, 1.165) is 32.0 Å². The van der Waals surface area contributed by atoms with Crippen molar-refractivity contribution in [1.29, 1.82) is 0 Å². The van der Waals surface area contributed by atoms with Crippen molar-refractivity contribution < 1.29 is 9.53 Å². The summed E-state index contributed by atoms with van der Waals surface area (Å²) < 4.78 is 4.96. The van der Waals surface area contributed by atoms with Gasteiger partial charge in [-0.3, -0.25) is 0 Å². The number of ether oxygens (including phenoxy) is 1. The zero-order valence-corrected chi connectivity index (χ0v) is 10.9. The summed E-state index contributed by atoms with van der Waals surface area (Å²) in [5, 5.41) is 0. The Kier molecular flexibility index (Phi) is 4.15. The first-order valence-corrected chi connectivity index (χ1v) is 6.28. The minimum Gasteiger partial charge on any atom is -0.461 e. The molecule has 18 heavy (non-hydrogen) atoms. The van der Waals surface area contributed by atoms with Crippen LogP contribution in [0.1, 0.15) is 17.4 Å². The van der Waals surface area contributed by atoms with Crippen molar-refractivity contribution in [1.82, 2.24) is 9.88 Å². The molecule has 1 saturated heterocycles. The van der Waals surface area contributed by atoms with Gasteiger partial charge in [0, 0.05) is 26.2 Å². The Morgan fingerprint density at radius 1 is 1.33 bits per heavy atom. The molecule has 98 valence electrons. The highest BCUT2D eigenvalue weighted by Crippen LogP contribution is 2.14. The maximum Gasteiger partial charge on any atom is 0.356 e.